The van der Waals surface area contributed by atoms with Crippen LogP contribution >= 0.6 is 0 Å². The van der Waals surface area contributed by atoms with Gasteiger partial charge in [-0.2, -0.15) is 0 Å². The highest BCUT2D eigenvalue weighted by atomic mass is 16.5. The lowest BCUT2D eigenvalue weighted by Gasteiger charge is -2.43. The SMILES string of the molecule is CC(C)COCCN1CCN(C(C)(C)C(N)=NO)CC1. The van der Waals surface area contributed by atoms with Gasteiger partial charge in [0.2, 0.25) is 0 Å². The molecule has 20 heavy (non-hydrogen) atoms. The Morgan fingerprint density at radius 1 is 1.30 bits per heavy atom. The van der Waals surface area contributed by atoms with Crippen LogP contribution in [0.1, 0.15) is 27.7 Å². The molecule has 0 atom stereocenters. The second-order valence-corrected chi connectivity index (χ2v) is 6.34. The van der Waals surface area contributed by atoms with E-state index in [2.05, 4.69) is 28.8 Å². The summed E-state index contributed by atoms with van der Waals surface area (Å²) in [4.78, 5) is 4.66. The summed E-state index contributed by atoms with van der Waals surface area (Å²) in [5.41, 5.74) is 5.37. The number of ether oxygens (including phenoxy) is 1. The van der Waals surface area contributed by atoms with Gasteiger partial charge in [-0.05, 0) is 19.8 Å². The molecule has 6 nitrogen and oxygen atoms in total. The Kier molecular flexibility index (Phi) is 6.71. The van der Waals surface area contributed by atoms with Crippen LogP contribution in [0.3, 0.4) is 0 Å². The molecule has 0 amide bonds. The van der Waals surface area contributed by atoms with E-state index in [9.17, 15) is 0 Å². The molecule has 1 rings (SSSR count). The number of nitrogens with two attached hydrogens (primary N) is 1. The van der Waals surface area contributed by atoms with Crippen molar-refractivity contribution in [2.75, 3.05) is 45.9 Å². The standard InChI is InChI=1S/C14H30N4O2/c1-12(2)11-20-10-9-17-5-7-18(8-6-17)14(3,4)13(15)16-19/h12,19H,5-11H2,1-4H3,(H2,15,16). The zero-order chi connectivity index (χ0) is 15.2. The Balaban J connectivity index is 2.30. The summed E-state index contributed by atoms with van der Waals surface area (Å²) in [6, 6.07) is 0. The van der Waals surface area contributed by atoms with Gasteiger partial charge >= 0.3 is 0 Å². The normalized spacial score (nSPS) is 19.8. The highest BCUT2D eigenvalue weighted by Crippen LogP contribution is 2.17. The number of hydrogen-bond donors (Lipinski definition) is 2. The molecule has 3 N–H and O–H groups in total. The molecule has 0 saturated carbocycles. The number of rotatable bonds is 7. The zero-order valence-electron chi connectivity index (χ0n) is 13.3. The van der Waals surface area contributed by atoms with Crippen molar-refractivity contribution in [1.82, 2.24) is 9.80 Å². The molecular weight excluding hydrogens is 256 g/mol. The molecule has 1 heterocycles. The lowest BCUT2D eigenvalue weighted by molar-refractivity contribution is 0.0478. The Hall–Kier alpha value is -0.850. The Morgan fingerprint density at radius 2 is 1.90 bits per heavy atom. The van der Waals surface area contributed by atoms with Gasteiger partial charge in [0, 0.05) is 39.3 Å². The summed E-state index contributed by atoms with van der Waals surface area (Å²) in [5.74, 6) is 0.861. The van der Waals surface area contributed by atoms with Gasteiger partial charge in [-0.15, -0.1) is 0 Å². The van der Waals surface area contributed by atoms with E-state index in [4.69, 9.17) is 15.7 Å². The first kappa shape index (κ1) is 17.2. The third-order valence-corrected chi connectivity index (χ3v) is 3.90. The van der Waals surface area contributed by atoms with Crippen molar-refractivity contribution in [3.8, 4) is 0 Å². The fourth-order valence-corrected chi connectivity index (χ4v) is 2.33. The van der Waals surface area contributed by atoms with Gasteiger partial charge in [-0.3, -0.25) is 9.80 Å². The molecule has 0 aromatic rings. The number of oxime groups is 1. The summed E-state index contributed by atoms with van der Waals surface area (Å²) in [7, 11) is 0. The van der Waals surface area contributed by atoms with E-state index in [1.54, 1.807) is 0 Å². The molecule has 1 saturated heterocycles. The lowest BCUT2D eigenvalue weighted by Crippen LogP contribution is -2.59. The van der Waals surface area contributed by atoms with Crippen molar-refractivity contribution in [2.24, 2.45) is 16.8 Å². The summed E-state index contributed by atoms with van der Waals surface area (Å²) in [5, 5.41) is 12.0. The first-order valence-electron chi connectivity index (χ1n) is 7.41. The van der Waals surface area contributed by atoms with E-state index < -0.39 is 5.54 Å². The molecule has 0 aromatic heterocycles. The van der Waals surface area contributed by atoms with Gasteiger partial charge in [-0.1, -0.05) is 19.0 Å². The van der Waals surface area contributed by atoms with E-state index in [-0.39, 0.29) is 5.84 Å². The topological polar surface area (TPSA) is 74.3 Å². The highest BCUT2D eigenvalue weighted by Gasteiger charge is 2.33. The third kappa shape index (κ3) is 4.92. The van der Waals surface area contributed by atoms with Crippen molar-refractivity contribution in [3.05, 3.63) is 0 Å². The molecule has 0 aromatic carbocycles. The maximum atomic E-state index is 8.85. The van der Waals surface area contributed by atoms with Crippen LogP contribution in [0.4, 0.5) is 0 Å². The maximum absolute atomic E-state index is 8.85. The zero-order valence-corrected chi connectivity index (χ0v) is 13.3. The van der Waals surface area contributed by atoms with Crippen LogP contribution in [-0.2, 0) is 4.74 Å². The van der Waals surface area contributed by atoms with Crippen LogP contribution in [0.5, 0.6) is 0 Å². The van der Waals surface area contributed by atoms with Crippen LogP contribution in [0.15, 0.2) is 5.16 Å². The fraction of sp³-hybridized carbons (Fsp3) is 0.929. The summed E-state index contributed by atoms with van der Waals surface area (Å²) < 4.78 is 5.62. The number of amidine groups is 1. The molecular formula is C14H30N4O2. The van der Waals surface area contributed by atoms with Crippen molar-refractivity contribution < 1.29 is 9.94 Å². The number of piperazine rings is 1. The number of nitrogens with zero attached hydrogens (tertiary/aromatic N) is 3. The van der Waals surface area contributed by atoms with Crippen molar-refractivity contribution in [3.63, 3.8) is 0 Å². The molecule has 0 unspecified atom stereocenters. The van der Waals surface area contributed by atoms with Gasteiger partial charge in [0.15, 0.2) is 5.84 Å². The molecule has 0 aliphatic carbocycles. The second-order valence-electron chi connectivity index (χ2n) is 6.34. The van der Waals surface area contributed by atoms with E-state index in [1.807, 2.05) is 13.8 Å². The molecule has 0 bridgehead atoms. The molecule has 1 aliphatic rings. The summed E-state index contributed by atoms with van der Waals surface area (Å²) in [6.07, 6.45) is 0. The predicted molar refractivity (Wildman–Crippen MR) is 81.2 cm³/mol. The Morgan fingerprint density at radius 3 is 2.40 bits per heavy atom. The van der Waals surface area contributed by atoms with Crippen LogP contribution in [0.25, 0.3) is 0 Å². The Labute approximate surface area is 122 Å². The van der Waals surface area contributed by atoms with Gasteiger partial charge in [-0.25, -0.2) is 0 Å². The minimum absolute atomic E-state index is 0.270. The van der Waals surface area contributed by atoms with Crippen molar-refractivity contribution >= 4 is 5.84 Å². The predicted octanol–water partition coefficient (Wildman–Crippen LogP) is 0.802. The lowest BCUT2D eigenvalue weighted by atomic mass is 10.0. The quantitative estimate of drug-likeness (QED) is 0.238. The van der Waals surface area contributed by atoms with E-state index >= 15 is 0 Å². The van der Waals surface area contributed by atoms with E-state index in [1.165, 1.54) is 0 Å². The van der Waals surface area contributed by atoms with Crippen LogP contribution in [0, 0.1) is 5.92 Å². The van der Waals surface area contributed by atoms with E-state index in [0.29, 0.717) is 5.92 Å². The first-order chi connectivity index (χ1) is 9.37. The number of hydrogen-bond acceptors (Lipinski definition) is 5. The van der Waals surface area contributed by atoms with Crippen LogP contribution < -0.4 is 5.73 Å². The maximum Gasteiger partial charge on any atom is 0.159 e. The molecule has 1 aliphatic heterocycles. The molecule has 0 spiro atoms. The van der Waals surface area contributed by atoms with Gasteiger partial charge < -0.3 is 15.7 Å². The van der Waals surface area contributed by atoms with Crippen molar-refractivity contribution in [1.29, 1.82) is 0 Å². The highest BCUT2D eigenvalue weighted by molar-refractivity contribution is 5.88. The minimum atomic E-state index is -0.394. The largest absolute Gasteiger partial charge is 0.409 e. The van der Waals surface area contributed by atoms with Gasteiger partial charge in [0.25, 0.3) is 0 Å². The van der Waals surface area contributed by atoms with Gasteiger partial charge in [0.1, 0.15) is 0 Å². The fourth-order valence-electron chi connectivity index (χ4n) is 2.33. The Bertz CT molecular complexity index is 310. The average Bonchev–Trinajstić information content (AvgIpc) is 2.43. The molecule has 118 valence electrons. The minimum Gasteiger partial charge on any atom is -0.409 e. The molecule has 6 heteroatoms. The molecule has 1 fully saturated rings. The van der Waals surface area contributed by atoms with Crippen LogP contribution in [0.2, 0.25) is 0 Å². The van der Waals surface area contributed by atoms with Gasteiger partial charge in [0.05, 0.1) is 12.1 Å². The molecule has 0 radical (unpaired) electrons. The monoisotopic (exact) mass is 286 g/mol. The third-order valence-electron chi connectivity index (χ3n) is 3.90. The first-order valence-corrected chi connectivity index (χ1v) is 7.41. The second kappa shape index (κ2) is 7.81. The van der Waals surface area contributed by atoms with Crippen molar-refractivity contribution in [2.45, 2.75) is 33.2 Å². The summed E-state index contributed by atoms with van der Waals surface area (Å²) in [6.45, 7) is 14.7. The average molecular weight is 286 g/mol. The van der Waals surface area contributed by atoms with E-state index in [0.717, 1.165) is 45.9 Å². The smallest absolute Gasteiger partial charge is 0.159 e. The summed E-state index contributed by atoms with van der Waals surface area (Å²) >= 11 is 0. The van der Waals surface area contributed by atoms with Crippen LogP contribution in [-0.4, -0.2) is 72.3 Å².